The van der Waals surface area contributed by atoms with Crippen LogP contribution in [0.5, 0.6) is 0 Å². The van der Waals surface area contributed by atoms with Gasteiger partial charge in [0.1, 0.15) is 11.2 Å². The maximum Gasteiger partial charge on any atom is 0.306 e. The Morgan fingerprint density at radius 2 is 2.28 bits per heavy atom. The Labute approximate surface area is 182 Å². The van der Waals surface area contributed by atoms with Gasteiger partial charge in [-0.15, -0.1) is 11.8 Å². The SMILES string of the molecule is CCCCC(CC)COC(=O)CCSc1ccnc(N2CC(C#N)(CO)C2)c1Cl. The van der Waals surface area contributed by atoms with Crippen molar-refractivity contribution in [3.63, 3.8) is 0 Å². The first-order chi connectivity index (χ1) is 14.0. The summed E-state index contributed by atoms with van der Waals surface area (Å²) in [5, 5.41) is 19.1. The minimum Gasteiger partial charge on any atom is -0.465 e. The molecule has 0 spiro atoms. The van der Waals surface area contributed by atoms with Crippen molar-refractivity contribution in [3.05, 3.63) is 17.3 Å². The highest BCUT2D eigenvalue weighted by molar-refractivity contribution is 7.99. The summed E-state index contributed by atoms with van der Waals surface area (Å²) in [6.45, 7) is 5.44. The predicted molar refractivity (Wildman–Crippen MR) is 116 cm³/mol. The van der Waals surface area contributed by atoms with Crippen LogP contribution in [0.15, 0.2) is 17.2 Å². The van der Waals surface area contributed by atoms with Crippen LogP contribution in [0.25, 0.3) is 0 Å². The van der Waals surface area contributed by atoms with Crippen LogP contribution in [0.2, 0.25) is 5.02 Å². The van der Waals surface area contributed by atoms with Gasteiger partial charge in [-0.2, -0.15) is 5.26 Å². The highest BCUT2D eigenvalue weighted by Crippen LogP contribution is 2.39. The van der Waals surface area contributed by atoms with Crippen LogP contribution < -0.4 is 4.90 Å². The van der Waals surface area contributed by atoms with Crippen molar-refractivity contribution < 1.29 is 14.6 Å². The number of aromatic nitrogens is 1. The van der Waals surface area contributed by atoms with Crippen molar-refractivity contribution in [2.45, 2.75) is 50.8 Å². The normalized spacial score (nSPS) is 16.0. The lowest BCUT2D eigenvalue weighted by Crippen LogP contribution is -2.58. The molecule has 6 nitrogen and oxygen atoms in total. The summed E-state index contributed by atoms with van der Waals surface area (Å²) < 4.78 is 5.44. The Kier molecular flexibility index (Phi) is 9.54. The maximum atomic E-state index is 12.0. The number of halogens is 1. The highest BCUT2D eigenvalue weighted by Gasteiger charge is 2.44. The molecule has 0 bridgehead atoms. The van der Waals surface area contributed by atoms with Crippen LogP contribution in [0, 0.1) is 22.7 Å². The lowest BCUT2D eigenvalue weighted by Gasteiger charge is -2.45. The molecular weight excluding hydrogens is 410 g/mol. The molecule has 2 heterocycles. The van der Waals surface area contributed by atoms with E-state index in [2.05, 4.69) is 24.9 Å². The van der Waals surface area contributed by atoms with Gasteiger partial charge in [-0.25, -0.2) is 4.98 Å². The largest absolute Gasteiger partial charge is 0.465 e. The minimum absolute atomic E-state index is 0.175. The number of thioether (sulfide) groups is 1. The third kappa shape index (κ3) is 6.50. The average Bonchev–Trinajstić information content (AvgIpc) is 2.70. The monoisotopic (exact) mass is 439 g/mol. The van der Waals surface area contributed by atoms with Gasteiger partial charge in [0.2, 0.25) is 0 Å². The van der Waals surface area contributed by atoms with Crippen LogP contribution in [-0.4, -0.2) is 48.1 Å². The molecular formula is C21H30ClN3O3S. The number of pyridine rings is 1. The third-order valence-corrected chi connectivity index (χ3v) is 6.79. The van der Waals surface area contributed by atoms with E-state index in [1.54, 1.807) is 6.20 Å². The van der Waals surface area contributed by atoms with Crippen molar-refractivity contribution in [2.75, 3.05) is 37.0 Å². The van der Waals surface area contributed by atoms with Gasteiger partial charge in [-0.3, -0.25) is 4.79 Å². The second-order valence-electron chi connectivity index (χ2n) is 7.55. The Morgan fingerprint density at radius 3 is 2.90 bits per heavy atom. The quantitative estimate of drug-likeness (QED) is 0.383. The summed E-state index contributed by atoms with van der Waals surface area (Å²) >= 11 is 7.99. The first-order valence-electron chi connectivity index (χ1n) is 10.2. The molecule has 1 unspecified atom stereocenters. The van der Waals surface area contributed by atoms with E-state index in [1.165, 1.54) is 18.2 Å². The molecule has 0 aromatic carbocycles. The number of ether oxygens (including phenoxy) is 1. The van der Waals surface area contributed by atoms with Gasteiger partial charge in [-0.05, 0) is 18.4 Å². The number of aliphatic hydroxyl groups is 1. The minimum atomic E-state index is -0.731. The molecule has 0 radical (unpaired) electrons. The molecule has 1 N–H and O–H groups in total. The molecule has 1 atom stereocenters. The van der Waals surface area contributed by atoms with E-state index in [0.717, 1.165) is 24.2 Å². The Hall–Kier alpha value is -1.49. The summed E-state index contributed by atoms with van der Waals surface area (Å²) in [4.78, 5) is 19.1. The van der Waals surface area contributed by atoms with Crippen molar-refractivity contribution >= 4 is 35.1 Å². The zero-order chi connectivity index (χ0) is 21.3. The number of esters is 1. The van der Waals surface area contributed by atoms with Crippen molar-refractivity contribution in [3.8, 4) is 6.07 Å². The number of unbranched alkanes of at least 4 members (excludes halogenated alkanes) is 1. The fourth-order valence-corrected chi connectivity index (χ4v) is 4.47. The van der Waals surface area contributed by atoms with E-state index >= 15 is 0 Å². The summed E-state index contributed by atoms with van der Waals surface area (Å²) in [7, 11) is 0. The van der Waals surface area contributed by atoms with Crippen LogP contribution in [-0.2, 0) is 9.53 Å². The second-order valence-corrected chi connectivity index (χ2v) is 9.07. The van der Waals surface area contributed by atoms with Gasteiger partial charge >= 0.3 is 5.97 Å². The molecule has 2 rings (SSSR count). The molecule has 1 aromatic heterocycles. The number of carbonyl (C=O) groups is 1. The van der Waals surface area contributed by atoms with Crippen molar-refractivity contribution in [1.82, 2.24) is 4.98 Å². The number of anilines is 1. The number of aliphatic hydroxyl groups excluding tert-OH is 1. The fraction of sp³-hybridized carbons (Fsp3) is 0.667. The zero-order valence-electron chi connectivity index (χ0n) is 17.2. The first kappa shape index (κ1) is 23.8. The number of hydrogen-bond donors (Lipinski definition) is 1. The van der Waals surface area contributed by atoms with E-state index in [-0.39, 0.29) is 12.6 Å². The molecule has 1 saturated heterocycles. The van der Waals surface area contributed by atoms with Crippen LogP contribution >= 0.6 is 23.4 Å². The van der Waals surface area contributed by atoms with Gasteiger partial charge in [-0.1, -0.05) is 44.7 Å². The van der Waals surface area contributed by atoms with E-state index in [1.807, 2.05) is 11.0 Å². The second kappa shape index (κ2) is 11.6. The number of nitrogens with zero attached hydrogens (tertiary/aromatic N) is 3. The standard InChI is InChI=1S/C21H30ClN3O3S/c1-3-5-6-16(4-2)11-28-18(27)8-10-29-17-7-9-24-20(19(17)22)25-13-21(12-23,14-25)15-26/h7,9,16,26H,3-6,8,10-11,13-15H2,1-2H3. The van der Waals surface area contributed by atoms with E-state index < -0.39 is 5.41 Å². The van der Waals surface area contributed by atoms with Gasteiger partial charge in [0.15, 0.2) is 0 Å². The van der Waals surface area contributed by atoms with Crippen LogP contribution in [0.1, 0.15) is 46.0 Å². The van der Waals surface area contributed by atoms with E-state index in [9.17, 15) is 15.2 Å². The van der Waals surface area contributed by atoms with Gasteiger partial charge < -0.3 is 14.7 Å². The summed E-state index contributed by atoms with van der Waals surface area (Å²) in [5.74, 6) is 1.45. The highest BCUT2D eigenvalue weighted by atomic mass is 35.5. The lowest BCUT2D eigenvalue weighted by atomic mass is 9.82. The first-order valence-corrected chi connectivity index (χ1v) is 11.5. The smallest absolute Gasteiger partial charge is 0.306 e. The molecule has 29 heavy (non-hydrogen) atoms. The zero-order valence-corrected chi connectivity index (χ0v) is 18.8. The third-order valence-electron chi connectivity index (χ3n) is 5.25. The number of hydrogen-bond acceptors (Lipinski definition) is 7. The molecule has 1 aliphatic rings. The summed E-state index contributed by atoms with van der Waals surface area (Å²) in [6.07, 6.45) is 6.45. The topological polar surface area (TPSA) is 86.5 Å². The predicted octanol–water partition coefficient (Wildman–Crippen LogP) is 4.30. The van der Waals surface area contributed by atoms with Gasteiger partial charge in [0.25, 0.3) is 0 Å². The molecule has 0 saturated carbocycles. The Morgan fingerprint density at radius 1 is 1.52 bits per heavy atom. The number of nitriles is 1. The van der Waals surface area contributed by atoms with E-state index in [4.69, 9.17) is 16.3 Å². The van der Waals surface area contributed by atoms with Crippen LogP contribution in [0.3, 0.4) is 0 Å². The van der Waals surface area contributed by atoms with E-state index in [0.29, 0.717) is 48.6 Å². The summed E-state index contributed by atoms with van der Waals surface area (Å²) in [6, 6.07) is 3.98. The molecule has 160 valence electrons. The Bertz CT molecular complexity index is 720. The van der Waals surface area contributed by atoms with Crippen molar-refractivity contribution in [1.29, 1.82) is 5.26 Å². The van der Waals surface area contributed by atoms with Crippen LogP contribution in [0.4, 0.5) is 5.82 Å². The molecule has 1 aliphatic heterocycles. The number of rotatable bonds is 12. The lowest BCUT2D eigenvalue weighted by molar-refractivity contribution is -0.144. The Balaban J connectivity index is 1.80. The van der Waals surface area contributed by atoms with Gasteiger partial charge in [0, 0.05) is 29.9 Å². The molecule has 0 amide bonds. The fourth-order valence-electron chi connectivity index (χ4n) is 3.21. The molecule has 1 aromatic rings. The number of carbonyl (C=O) groups excluding carboxylic acids is 1. The molecule has 1 fully saturated rings. The maximum absolute atomic E-state index is 12.0. The average molecular weight is 440 g/mol. The molecule has 0 aliphatic carbocycles. The van der Waals surface area contributed by atoms with Gasteiger partial charge in [0.05, 0.1) is 30.7 Å². The van der Waals surface area contributed by atoms with Crippen molar-refractivity contribution in [2.24, 2.45) is 11.3 Å². The summed E-state index contributed by atoms with van der Waals surface area (Å²) in [5.41, 5.74) is -0.731. The molecule has 8 heteroatoms.